The van der Waals surface area contributed by atoms with Gasteiger partial charge >= 0.3 is 0 Å². The van der Waals surface area contributed by atoms with Crippen molar-refractivity contribution in [3.05, 3.63) is 65.7 Å². The van der Waals surface area contributed by atoms with Gasteiger partial charge in [0.05, 0.1) is 5.69 Å². The number of guanidine groups is 1. The van der Waals surface area contributed by atoms with Crippen molar-refractivity contribution in [2.24, 2.45) is 16.5 Å². The van der Waals surface area contributed by atoms with Crippen molar-refractivity contribution in [1.29, 1.82) is 0 Å². The second-order valence-electron chi connectivity index (χ2n) is 3.83. The molecule has 2 aromatic carbocycles. The molecule has 2 rings (SSSR count). The topological polar surface area (TPSA) is 64.4 Å². The van der Waals surface area contributed by atoms with E-state index in [4.69, 9.17) is 11.5 Å². The Kier molecular flexibility index (Phi) is 3.40. The highest BCUT2D eigenvalue weighted by Crippen LogP contribution is 2.21. The Balaban J connectivity index is 2.30. The summed E-state index contributed by atoms with van der Waals surface area (Å²) >= 11 is 0. The van der Waals surface area contributed by atoms with Gasteiger partial charge in [-0.1, -0.05) is 48.5 Å². The van der Waals surface area contributed by atoms with Gasteiger partial charge in [-0.2, -0.15) is 0 Å². The second kappa shape index (κ2) is 5.16. The van der Waals surface area contributed by atoms with E-state index in [1.807, 2.05) is 42.5 Å². The lowest BCUT2D eigenvalue weighted by Crippen LogP contribution is -2.22. The van der Waals surface area contributed by atoms with Crippen LogP contribution in [0.5, 0.6) is 0 Å². The van der Waals surface area contributed by atoms with E-state index in [9.17, 15) is 0 Å². The summed E-state index contributed by atoms with van der Waals surface area (Å²) in [5, 5.41) is 0. The summed E-state index contributed by atoms with van der Waals surface area (Å²) in [6, 6.07) is 18.1. The van der Waals surface area contributed by atoms with Gasteiger partial charge in [0.1, 0.15) is 0 Å². The molecule has 0 aliphatic carbocycles. The maximum Gasteiger partial charge on any atom is 0.191 e. The predicted octanol–water partition coefficient (Wildman–Crippen LogP) is 2.18. The lowest BCUT2D eigenvalue weighted by molar-refractivity contribution is 1.18. The molecule has 0 fully saturated rings. The monoisotopic (exact) mass is 225 g/mol. The molecule has 3 heteroatoms. The summed E-state index contributed by atoms with van der Waals surface area (Å²) in [7, 11) is 0. The van der Waals surface area contributed by atoms with Gasteiger partial charge in [0.25, 0.3) is 0 Å². The van der Waals surface area contributed by atoms with Gasteiger partial charge < -0.3 is 11.5 Å². The molecule has 0 aliphatic rings. The van der Waals surface area contributed by atoms with Crippen LogP contribution in [0.15, 0.2) is 59.6 Å². The zero-order valence-electron chi connectivity index (χ0n) is 9.51. The minimum absolute atomic E-state index is 0.0884. The molecule has 0 amide bonds. The molecule has 0 radical (unpaired) electrons. The Morgan fingerprint density at radius 1 is 0.882 bits per heavy atom. The zero-order valence-corrected chi connectivity index (χ0v) is 9.51. The van der Waals surface area contributed by atoms with Gasteiger partial charge in [-0.3, -0.25) is 0 Å². The third kappa shape index (κ3) is 3.08. The average Bonchev–Trinajstić information content (AvgIpc) is 2.32. The Labute approximate surface area is 101 Å². The highest BCUT2D eigenvalue weighted by Gasteiger charge is 2.01. The van der Waals surface area contributed by atoms with Crippen LogP contribution in [-0.4, -0.2) is 5.96 Å². The first-order valence-electron chi connectivity index (χ1n) is 5.47. The SMILES string of the molecule is NC(N)=Nc1ccccc1Cc1ccccc1. The summed E-state index contributed by atoms with van der Waals surface area (Å²) in [5.74, 6) is 0.0884. The van der Waals surface area contributed by atoms with Crippen molar-refractivity contribution < 1.29 is 0 Å². The van der Waals surface area contributed by atoms with Gasteiger partial charge in [-0.15, -0.1) is 0 Å². The molecular weight excluding hydrogens is 210 g/mol. The molecule has 0 aromatic heterocycles. The fraction of sp³-hybridized carbons (Fsp3) is 0.0714. The maximum absolute atomic E-state index is 5.41. The number of para-hydroxylation sites is 1. The number of aliphatic imine (C=N–C) groups is 1. The van der Waals surface area contributed by atoms with E-state index in [1.54, 1.807) is 0 Å². The highest BCUT2D eigenvalue weighted by molar-refractivity contribution is 5.79. The average molecular weight is 225 g/mol. The summed E-state index contributed by atoms with van der Waals surface area (Å²) in [6.07, 6.45) is 0.827. The maximum atomic E-state index is 5.41. The first kappa shape index (κ1) is 11.2. The summed E-state index contributed by atoms with van der Waals surface area (Å²) in [5.41, 5.74) is 14.0. The number of rotatable bonds is 3. The van der Waals surface area contributed by atoms with Crippen LogP contribution in [0.3, 0.4) is 0 Å². The van der Waals surface area contributed by atoms with E-state index in [2.05, 4.69) is 17.1 Å². The molecule has 0 unspecified atom stereocenters. The normalized spacial score (nSPS) is 9.88. The van der Waals surface area contributed by atoms with Gasteiger partial charge in [-0.05, 0) is 23.6 Å². The van der Waals surface area contributed by atoms with Crippen LogP contribution in [0.25, 0.3) is 0 Å². The summed E-state index contributed by atoms with van der Waals surface area (Å²) in [6.45, 7) is 0. The lowest BCUT2D eigenvalue weighted by Gasteiger charge is -2.05. The molecule has 0 aliphatic heterocycles. The number of nitrogens with zero attached hydrogens (tertiary/aromatic N) is 1. The molecule has 0 atom stereocenters. The lowest BCUT2D eigenvalue weighted by atomic mass is 10.0. The standard InChI is InChI=1S/C14H15N3/c15-14(16)17-13-9-5-4-8-12(13)10-11-6-2-1-3-7-11/h1-9H,10H2,(H4,15,16,17). The number of benzene rings is 2. The minimum atomic E-state index is 0.0884. The molecular formula is C14H15N3. The van der Waals surface area contributed by atoms with Gasteiger partial charge in [0.15, 0.2) is 5.96 Å². The fourth-order valence-corrected chi connectivity index (χ4v) is 1.72. The molecule has 0 spiro atoms. The van der Waals surface area contributed by atoms with E-state index in [0.717, 1.165) is 17.7 Å². The first-order valence-corrected chi connectivity index (χ1v) is 5.47. The summed E-state index contributed by atoms with van der Waals surface area (Å²) in [4.78, 5) is 4.13. The van der Waals surface area contributed by atoms with Gasteiger partial charge in [0, 0.05) is 0 Å². The fourth-order valence-electron chi connectivity index (χ4n) is 1.72. The van der Waals surface area contributed by atoms with Crippen LogP contribution < -0.4 is 11.5 Å². The molecule has 0 saturated carbocycles. The molecule has 86 valence electrons. The van der Waals surface area contributed by atoms with Crippen molar-refractivity contribution in [1.82, 2.24) is 0 Å². The van der Waals surface area contributed by atoms with E-state index in [-0.39, 0.29) is 5.96 Å². The quantitative estimate of drug-likeness (QED) is 0.621. The van der Waals surface area contributed by atoms with Crippen LogP contribution in [0.1, 0.15) is 11.1 Å². The smallest absolute Gasteiger partial charge is 0.191 e. The molecule has 0 bridgehead atoms. The van der Waals surface area contributed by atoms with Crippen molar-refractivity contribution in [2.75, 3.05) is 0 Å². The Morgan fingerprint density at radius 2 is 1.53 bits per heavy atom. The number of hydrogen-bond acceptors (Lipinski definition) is 1. The second-order valence-corrected chi connectivity index (χ2v) is 3.83. The summed E-state index contributed by atoms with van der Waals surface area (Å²) < 4.78 is 0. The van der Waals surface area contributed by atoms with E-state index in [1.165, 1.54) is 5.56 Å². The Morgan fingerprint density at radius 3 is 2.24 bits per heavy atom. The zero-order chi connectivity index (χ0) is 12.1. The molecule has 3 nitrogen and oxygen atoms in total. The predicted molar refractivity (Wildman–Crippen MR) is 71.2 cm³/mol. The van der Waals surface area contributed by atoms with Crippen molar-refractivity contribution in [2.45, 2.75) is 6.42 Å². The highest BCUT2D eigenvalue weighted by atomic mass is 15.0. The molecule has 0 saturated heterocycles. The molecule has 4 N–H and O–H groups in total. The molecule has 17 heavy (non-hydrogen) atoms. The third-order valence-corrected chi connectivity index (χ3v) is 2.48. The Hall–Kier alpha value is -2.29. The van der Waals surface area contributed by atoms with E-state index >= 15 is 0 Å². The molecule has 0 heterocycles. The number of nitrogens with two attached hydrogens (primary N) is 2. The largest absolute Gasteiger partial charge is 0.370 e. The van der Waals surface area contributed by atoms with E-state index < -0.39 is 0 Å². The van der Waals surface area contributed by atoms with Crippen LogP contribution >= 0.6 is 0 Å². The van der Waals surface area contributed by atoms with Crippen LogP contribution in [0.4, 0.5) is 5.69 Å². The first-order chi connectivity index (χ1) is 8.25. The Bertz CT molecular complexity index is 514. The molecule has 2 aromatic rings. The van der Waals surface area contributed by atoms with Gasteiger partial charge in [-0.25, -0.2) is 4.99 Å². The van der Waals surface area contributed by atoms with Crippen LogP contribution in [-0.2, 0) is 6.42 Å². The number of hydrogen-bond donors (Lipinski definition) is 2. The van der Waals surface area contributed by atoms with Crippen molar-refractivity contribution >= 4 is 11.6 Å². The minimum Gasteiger partial charge on any atom is -0.370 e. The van der Waals surface area contributed by atoms with Crippen molar-refractivity contribution in [3.8, 4) is 0 Å². The van der Waals surface area contributed by atoms with Crippen LogP contribution in [0.2, 0.25) is 0 Å². The third-order valence-electron chi connectivity index (χ3n) is 2.48. The van der Waals surface area contributed by atoms with E-state index in [0.29, 0.717) is 0 Å². The van der Waals surface area contributed by atoms with Crippen LogP contribution in [0, 0.1) is 0 Å². The van der Waals surface area contributed by atoms with Crippen molar-refractivity contribution in [3.63, 3.8) is 0 Å². The van der Waals surface area contributed by atoms with Gasteiger partial charge in [0.2, 0.25) is 0 Å².